The summed E-state index contributed by atoms with van der Waals surface area (Å²) in [6.07, 6.45) is -6.84. The van der Waals surface area contributed by atoms with E-state index in [9.17, 15) is 19.2 Å². The van der Waals surface area contributed by atoms with Gasteiger partial charge in [-0.15, -0.1) is 0 Å². The van der Waals surface area contributed by atoms with Crippen molar-refractivity contribution in [1.82, 2.24) is 0 Å². The van der Waals surface area contributed by atoms with Crippen LogP contribution in [-0.2, 0) is 52.3 Å². The zero-order chi connectivity index (χ0) is 20.6. The molecule has 1 saturated heterocycles. The quantitative estimate of drug-likeness (QED) is 0.296. The number of carbonyl (C=O) groups excluding carboxylic acids is 4. The van der Waals surface area contributed by atoms with Gasteiger partial charge in [-0.05, 0) is 0 Å². The molecule has 1 heterocycles. The van der Waals surface area contributed by atoms with Crippen molar-refractivity contribution in [1.29, 1.82) is 0 Å². The van der Waals surface area contributed by atoms with Gasteiger partial charge in [-0.3, -0.25) is 14.4 Å². The van der Waals surface area contributed by atoms with Gasteiger partial charge in [-0.25, -0.2) is 4.79 Å². The second kappa shape index (κ2) is 10.8. The third-order valence-electron chi connectivity index (χ3n) is 3.40. The van der Waals surface area contributed by atoms with Crippen LogP contribution in [0.4, 0.5) is 0 Å². The van der Waals surface area contributed by atoms with E-state index in [1.54, 1.807) is 0 Å². The fraction of sp³-hybridized carbons (Fsp3) is 0.750. The summed E-state index contributed by atoms with van der Waals surface area (Å²) in [6.45, 7) is 3.55. The lowest BCUT2D eigenvalue weighted by Crippen LogP contribution is -2.63. The average Bonchev–Trinajstić information content (AvgIpc) is 2.57. The Morgan fingerprint density at radius 3 is 1.78 bits per heavy atom. The minimum Gasteiger partial charge on any atom is -0.467 e. The van der Waals surface area contributed by atoms with Crippen LogP contribution in [0.1, 0.15) is 20.8 Å². The average molecular weight is 392 g/mol. The smallest absolute Gasteiger partial charge is 0.339 e. The predicted octanol–water partition coefficient (Wildman–Crippen LogP) is -0.658. The van der Waals surface area contributed by atoms with E-state index in [0.29, 0.717) is 0 Å². The number of rotatable bonds is 8. The van der Waals surface area contributed by atoms with E-state index in [-0.39, 0.29) is 13.2 Å². The Morgan fingerprint density at radius 2 is 1.30 bits per heavy atom. The van der Waals surface area contributed by atoms with Crippen LogP contribution in [-0.4, -0.2) is 82.0 Å². The molecule has 27 heavy (non-hydrogen) atoms. The van der Waals surface area contributed by atoms with Crippen LogP contribution >= 0.6 is 0 Å². The minimum absolute atomic E-state index is 0.0256. The molecule has 5 atom stereocenters. The first kappa shape index (κ1) is 22.8. The number of esters is 4. The first-order valence-electron chi connectivity index (χ1n) is 8.06. The van der Waals surface area contributed by atoms with Gasteiger partial charge in [0.05, 0.1) is 20.3 Å². The van der Waals surface area contributed by atoms with Gasteiger partial charge >= 0.3 is 23.9 Å². The van der Waals surface area contributed by atoms with Crippen LogP contribution in [0.15, 0.2) is 0 Å². The van der Waals surface area contributed by atoms with Gasteiger partial charge < -0.3 is 33.2 Å². The standard InChI is InChI=1S/C16H24O11/c1-8(17)24-11-12(25-9(2)18)14(26-10(3)19)16(23-7-6-21-4)27-13(11)15(20)22-5/h11-14,16H,6-7H2,1-5H3/t11-,12-,13-,14+,16+/m0/s1. The Morgan fingerprint density at radius 1 is 0.778 bits per heavy atom. The zero-order valence-corrected chi connectivity index (χ0v) is 15.8. The van der Waals surface area contributed by atoms with Crippen molar-refractivity contribution in [3.63, 3.8) is 0 Å². The van der Waals surface area contributed by atoms with Gasteiger partial charge in [0.25, 0.3) is 0 Å². The third kappa shape index (κ3) is 6.77. The lowest BCUT2D eigenvalue weighted by Gasteiger charge is -2.43. The summed E-state index contributed by atoms with van der Waals surface area (Å²) in [7, 11) is 2.56. The molecule has 1 aliphatic rings. The van der Waals surface area contributed by atoms with Crippen molar-refractivity contribution in [3.05, 3.63) is 0 Å². The van der Waals surface area contributed by atoms with Gasteiger partial charge in [0.2, 0.25) is 0 Å². The van der Waals surface area contributed by atoms with Crippen LogP contribution in [0.3, 0.4) is 0 Å². The van der Waals surface area contributed by atoms with E-state index in [2.05, 4.69) is 4.74 Å². The molecule has 1 aliphatic heterocycles. The molecule has 11 heteroatoms. The molecule has 1 fully saturated rings. The highest BCUT2D eigenvalue weighted by atomic mass is 16.7. The van der Waals surface area contributed by atoms with Gasteiger partial charge in [-0.1, -0.05) is 0 Å². The third-order valence-corrected chi connectivity index (χ3v) is 3.40. The van der Waals surface area contributed by atoms with E-state index in [0.717, 1.165) is 27.9 Å². The summed E-state index contributed by atoms with van der Waals surface area (Å²) in [5.74, 6) is -3.13. The summed E-state index contributed by atoms with van der Waals surface area (Å²) in [5.41, 5.74) is 0. The van der Waals surface area contributed by atoms with Gasteiger partial charge in [-0.2, -0.15) is 0 Å². The molecule has 11 nitrogen and oxygen atoms in total. The molecule has 0 aromatic heterocycles. The SMILES string of the molecule is COCCO[C@@H]1O[C@H](C(=O)OC)[C@@H](OC(C)=O)[C@H](OC(C)=O)[C@H]1OC(C)=O. The molecular weight excluding hydrogens is 368 g/mol. The molecule has 0 aromatic carbocycles. The highest BCUT2D eigenvalue weighted by Crippen LogP contribution is 2.30. The van der Waals surface area contributed by atoms with Gasteiger partial charge in [0.1, 0.15) is 0 Å². The molecule has 0 unspecified atom stereocenters. The maximum atomic E-state index is 12.1. The molecule has 0 aliphatic carbocycles. The van der Waals surface area contributed by atoms with Crippen LogP contribution < -0.4 is 0 Å². The Labute approximate surface area is 156 Å². The van der Waals surface area contributed by atoms with Crippen molar-refractivity contribution in [2.24, 2.45) is 0 Å². The first-order valence-corrected chi connectivity index (χ1v) is 8.06. The number of hydrogen-bond donors (Lipinski definition) is 0. The summed E-state index contributed by atoms with van der Waals surface area (Å²) < 4.78 is 36.0. The van der Waals surface area contributed by atoms with Crippen LogP contribution in [0.25, 0.3) is 0 Å². The van der Waals surface area contributed by atoms with Crippen LogP contribution in [0.5, 0.6) is 0 Å². The summed E-state index contributed by atoms with van der Waals surface area (Å²) in [6, 6.07) is 0. The highest BCUT2D eigenvalue weighted by molar-refractivity contribution is 5.77. The first-order chi connectivity index (χ1) is 12.7. The van der Waals surface area contributed by atoms with E-state index in [4.69, 9.17) is 28.4 Å². The van der Waals surface area contributed by atoms with Gasteiger partial charge in [0.15, 0.2) is 30.7 Å². The number of methoxy groups -OCH3 is 2. The second-order valence-corrected chi connectivity index (χ2v) is 5.53. The largest absolute Gasteiger partial charge is 0.467 e. The van der Waals surface area contributed by atoms with Crippen molar-refractivity contribution in [3.8, 4) is 0 Å². The molecule has 0 radical (unpaired) electrons. The summed E-state index contributed by atoms with van der Waals surface area (Å²) in [4.78, 5) is 46.7. The topological polar surface area (TPSA) is 133 Å². The molecule has 0 N–H and O–H groups in total. The lowest BCUT2D eigenvalue weighted by atomic mass is 9.97. The second-order valence-electron chi connectivity index (χ2n) is 5.53. The van der Waals surface area contributed by atoms with Crippen molar-refractivity contribution in [2.45, 2.75) is 51.5 Å². The highest BCUT2D eigenvalue weighted by Gasteiger charge is 2.55. The van der Waals surface area contributed by atoms with Crippen molar-refractivity contribution < 1.29 is 52.3 Å². The molecule has 0 amide bonds. The Bertz CT molecular complexity index is 546. The van der Waals surface area contributed by atoms with Crippen molar-refractivity contribution >= 4 is 23.9 Å². The Hall–Kier alpha value is -2.24. The molecule has 0 saturated carbocycles. The lowest BCUT2D eigenvalue weighted by molar-refractivity contribution is -0.302. The molecule has 1 rings (SSSR count). The molecule has 0 bridgehead atoms. The van der Waals surface area contributed by atoms with E-state index in [1.807, 2.05) is 0 Å². The number of carbonyl (C=O) groups is 4. The Balaban J connectivity index is 3.27. The van der Waals surface area contributed by atoms with E-state index in [1.165, 1.54) is 7.11 Å². The van der Waals surface area contributed by atoms with E-state index >= 15 is 0 Å². The monoisotopic (exact) mass is 392 g/mol. The maximum Gasteiger partial charge on any atom is 0.339 e. The molecular formula is C16H24O11. The minimum atomic E-state index is -1.47. The normalized spacial score (nSPS) is 27.4. The van der Waals surface area contributed by atoms with Crippen molar-refractivity contribution in [2.75, 3.05) is 27.4 Å². The predicted molar refractivity (Wildman–Crippen MR) is 85.2 cm³/mol. The van der Waals surface area contributed by atoms with Crippen LogP contribution in [0.2, 0.25) is 0 Å². The zero-order valence-electron chi connectivity index (χ0n) is 15.8. The Kier molecular flexibility index (Phi) is 9.12. The number of ether oxygens (including phenoxy) is 7. The molecule has 0 aromatic rings. The van der Waals surface area contributed by atoms with Crippen LogP contribution in [0, 0.1) is 0 Å². The van der Waals surface area contributed by atoms with Gasteiger partial charge in [0, 0.05) is 27.9 Å². The summed E-state index contributed by atoms with van der Waals surface area (Å²) >= 11 is 0. The molecule has 0 spiro atoms. The fourth-order valence-corrected chi connectivity index (χ4v) is 2.46. The fourth-order valence-electron chi connectivity index (χ4n) is 2.46. The molecule has 154 valence electrons. The number of hydrogen-bond acceptors (Lipinski definition) is 11. The summed E-state index contributed by atoms with van der Waals surface area (Å²) in [5, 5.41) is 0. The van der Waals surface area contributed by atoms with E-state index < -0.39 is 54.6 Å². The maximum absolute atomic E-state index is 12.1.